The monoisotopic (exact) mass is 360 g/mol. The summed E-state index contributed by atoms with van der Waals surface area (Å²) in [7, 11) is 0. The Balaban J connectivity index is 1.50. The van der Waals surface area contributed by atoms with Gasteiger partial charge in [0, 0.05) is 29.4 Å². The smallest absolute Gasteiger partial charge is 0.230 e. The van der Waals surface area contributed by atoms with Gasteiger partial charge in [-0.25, -0.2) is 4.68 Å². The lowest BCUT2D eigenvalue weighted by Gasteiger charge is -2.05. The first kappa shape index (κ1) is 16.5. The van der Waals surface area contributed by atoms with Crippen LogP contribution >= 0.6 is 23.1 Å². The molecule has 3 aromatic heterocycles. The largest absolute Gasteiger partial charge is 0.355 e. The Hall–Kier alpha value is -2.39. The van der Waals surface area contributed by atoms with Gasteiger partial charge in [-0.05, 0) is 30.0 Å². The molecule has 0 spiro atoms. The fourth-order valence-corrected chi connectivity index (χ4v) is 3.42. The van der Waals surface area contributed by atoms with Crippen molar-refractivity contribution in [3.05, 3.63) is 46.9 Å². The minimum absolute atomic E-state index is 0.0533. The van der Waals surface area contributed by atoms with E-state index in [-0.39, 0.29) is 11.7 Å². The van der Waals surface area contributed by atoms with E-state index in [1.807, 2.05) is 17.5 Å². The summed E-state index contributed by atoms with van der Waals surface area (Å²) >= 11 is 2.94. The number of hydrogen-bond acceptors (Lipinski definition) is 7. The van der Waals surface area contributed by atoms with Crippen LogP contribution < -0.4 is 11.2 Å². The lowest BCUT2D eigenvalue weighted by atomic mass is 10.3. The summed E-state index contributed by atoms with van der Waals surface area (Å²) in [5, 5.41) is 13.5. The number of nitrogens with two attached hydrogens (primary N) is 1. The van der Waals surface area contributed by atoms with Crippen LogP contribution in [0, 0.1) is 0 Å². The predicted octanol–water partition coefficient (Wildman–Crippen LogP) is 1.57. The van der Waals surface area contributed by atoms with Crippen molar-refractivity contribution in [2.24, 2.45) is 0 Å². The highest BCUT2D eigenvalue weighted by Gasteiger charge is 2.13. The van der Waals surface area contributed by atoms with E-state index in [4.69, 9.17) is 5.84 Å². The van der Waals surface area contributed by atoms with Crippen LogP contribution in [-0.2, 0) is 11.2 Å². The highest BCUT2D eigenvalue weighted by atomic mass is 32.2. The minimum atomic E-state index is -0.0533. The van der Waals surface area contributed by atoms with Gasteiger partial charge in [0.15, 0.2) is 5.82 Å². The van der Waals surface area contributed by atoms with Crippen LogP contribution in [0.15, 0.2) is 47.2 Å². The van der Waals surface area contributed by atoms with Crippen LogP contribution in [0.4, 0.5) is 0 Å². The molecule has 0 aliphatic rings. The molecule has 0 aromatic carbocycles. The van der Waals surface area contributed by atoms with Gasteiger partial charge in [0.2, 0.25) is 11.1 Å². The average molecular weight is 360 g/mol. The number of aromatic nitrogens is 4. The molecule has 24 heavy (non-hydrogen) atoms. The first-order valence-corrected chi connectivity index (χ1v) is 9.13. The van der Waals surface area contributed by atoms with E-state index >= 15 is 0 Å². The number of pyridine rings is 1. The number of carbonyl (C=O) groups excluding carboxylic acids is 1. The molecule has 7 nitrogen and oxygen atoms in total. The molecule has 0 unspecified atom stereocenters. The quantitative estimate of drug-likeness (QED) is 0.490. The van der Waals surface area contributed by atoms with E-state index in [1.54, 1.807) is 29.8 Å². The molecule has 3 aromatic rings. The number of thiophene rings is 1. The van der Waals surface area contributed by atoms with Crippen LogP contribution in [-0.4, -0.2) is 38.1 Å². The molecule has 0 radical (unpaired) electrons. The van der Waals surface area contributed by atoms with E-state index in [2.05, 4.69) is 26.6 Å². The van der Waals surface area contributed by atoms with Crippen molar-refractivity contribution in [1.82, 2.24) is 25.2 Å². The number of nitrogens with one attached hydrogen (secondary N) is 1. The molecule has 0 aliphatic heterocycles. The van der Waals surface area contributed by atoms with Crippen molar-refractivity contribution in [3.63, 3.8) is 0 Å². The third kappa shape index (κ3) is 4.12. The lowest BCUT2D eigenvalue weighted by Crippen LogP contribution is -2.27. The minimum Gasteiger partial charge on any atom is -0.355 e. The molecule has 0 bridgehead atoms. The molecule has 3 rings (SSSR count). The zero-order chi connectivity index (χ0) is 16.8. The van der Waals surface area contributed by atoms with Crippen LogP contribution in [0.1, 0.15) is 4.88 Å². The van der Waals surface area contributed by atoms with Gasteiger partial charge in [-0.3, -0.25) is 9.78 Å². The summed E-state index contributed by atoms with van der Waals surface area (Å²) in [5.41, 5.74) is 0.778. The molecular weight excluding hydrogens is 344 g/mol. The third-order valence-corrected chi connectivity index (χ3v) is 5.07. The van der Waals surface area contributed by atoms with Gasteiger partial charge in [0.05, 0.1) is 5.75 Å². The second-order valence-electron chi connectivity index (χ2n) is 4.89. The van der Waals surface area contributed by atoms with Gasteiger partial charge in [0.1, 0.15) is 0 Å². The zero-order valence-corrected chi connectivity index (χ0v) is 14.4. The van der Waals surface area contributed by atoms with E-state index < -0.39 is 0 Å². The predicted molar refractivity (Wildman–Crippen MR) is 95.2 cm³/mol. The van der Waals surface area contributed by atoms with Gasteiger partial charge < -0.3 is 11.2 Å². The molecule has 9 heteroatoms. The summed E-state index contributed by atoms with van der Waals surface area (Å²) in [6.07, 6.45) is 4.18. The maximum atomic E-state index is 11.9. The number of rotatable bonds is 7. The number of thioether (sulfide) groups is 1. The summed E-state index contributed by atoms with van der Waals surface area (Å²) in [6, 6.07) is 7.72. The molecule has 124 valence electrons. The zero-order valence-electron chi connectivity index (χ0n) is 12.8. The van der Waals surface area contributed by atoms with Crippen molar-refractivity contribution in [1.29, 1.82) is 0 Å². The van der Waals surface area contributed by atoms with Gasteiger partial charge in [-0.1, -0.05) is 17.8 Å². The lowest BCUT2D eigenvalue weighted by molar-refractivity contribution is -0.118. The number of amides is 1. The van der Waals surface area contributed by atoms with Crippen molar-refractivity contribution in [2.75, 3.05) is 18.1 Å². The molecule has 0 fully saturated rings. The standard InChI is InChI=1S/C15H16N6OS2/c16-21-14(11-3-1-6-17-9-11)19-20-15(21)24-10-13(22)18-7-5-12-4-2-8-23-12/h1-4,6,8-9H,5,7,10,16H2,(H,18,22). The Morgan fingerprint density at radius 3 is 3.00 bits per heavy atom. The van der Waals surface area contributed by atoms with Crippen LogP contribution in [0.2, 0.25) is 0 Å². The average Bonchev–Trinajstić information content (AvgIpc) is 3.24. The molecule has 0 saturated carbocycles. The molecule has 0 saturated heterocycles. The van der Waals surface area contributed by atoms with Gasteiger partial charge in [-0.2, -0.15) is 0 Å². The van der Waals surface area contributed by atoms with Crippen molar-refractivity contribution < 1.29 is 4.79 Å². The molecule has 0 atom stereocenters. The Kier molecular flexibility index (Phi) is 5.44. The SMILES string of the molecule is Nn1c(SCC(=O)NCCc2cccs2)nnc1-c1cccnc1. The van der Waals surface area contributed by atoms with Crippen molar-refractivity contribution in [2.45, 2.75) is 11.6 Å². The molecule has 3 N–H and O–H groups in total. The number of carbonyl (C=O) groups is 1. The Morgan fingerprint density at radius 1 is 1.33 bits per heavy atom. The fourth-order valence-electron chi connectivity index (χ4n) is 2.03. The first-order chi connectivity index (χ1) is 11.7. The van der Waals surface area contributed by atoms with E-state index in [0.717, 1.165) is 12.0 Å². The molecule has 1 amide bonds. The van der Waals surface area contributed by atoms with Gasteiger partial charge in [0.25, 0.3) is 0 Å². The van der Waals surface area contributed by atoms with Crippen LogP contribution in [0.3, 0.4) is 0 Å². The second kappa shape index (κ2) is 7.93. The van der Waals surface area contributed by atoms with Crippen molar-refractivity contribution in [3.8, 4) is 11.4 Å². The maximum Gasteiger partial charge on any atom is 0.230 e. The number of hydrogen-bond donors (Lipinski definition) is 2. The Labute approximate surface area is 147 Å². The third-order valence-electron chi connectivity index (χ3n) is 3.19. The summed E-state index contributed by atoms with van der Waals surface area (Å²) in [5.74, 6) is 6.71. The first-order valence-electron chi connectivity index (χ1n) is 7.27. The van der Waals surface area contributed by atoms with Crippen LogP contribution in [0.5, 0.6) is 0 Å². The summed E-state index contributed by atoms with van der Waals surface area (Å²) in [4.78, 5) is 17.2. The molecule has 3 heterocycles. The van der Waals surface area contributed by atoms with Crippen molar-refractivity contribution >= 4 is 29.0 Å². The van der Waals surface area contributed by atoms with Crippen LogP contribution in [0.25, 0.3) is 11.4 Å². The highest BCUT2D eigenvalue weighted by molar-refractivity contribution is 7.99. The topological polar surface area (TPSA) is 98.7 Å². The van der Waals surface area contributed by atoms with E-state index in [1.165, 1.54) is 21.3 Å². The molecular formula is C15H16N6OS2. The fraction of sp³-hybridized carbons (Fsp3) is 0.200. The summed E-state index contributed by atoms with van der Waals surface area (Å²) in [6.45, 7) is 0.621. The van der Waals surface area contributed by atoms with Gasteiger partial charge in [-0.15, -0.1) is 21.5 Å². The second-order valence-corrected chi connectivity index (χ2v) is 6.86. The highest BCUT2D eigenvalue weighted by Crippen LogP contribution is 2.20. The molecule has 0 aliphatic carbocycles. The number of nitrogen functional groups attached to an aromatic ring is 1. The summed E-state index contributed by atoms with van der Waals surface area (Å²) < 4.78 is 1.38. The maximum absolute atomic E-state index is 11.9. The Morgan fingerprint density at radius 2 is 2.25 bits per heavy atom. The number of nitrogens with zero attached hydrogens (tertiary/aromatic N) is 4. The normalized spacial score (nSPS) is 10.7. The van der Waals surface area contributed by atoms with Gasteiger partial charge >= 0.3 is 0 Å². The Bertz CT molecular complexity index is 788. The van der Waals surface area contributed by atoms with E-state index in [9.17, 15) is 4.79 Å². The van der Waals surface area contributed by atoms with E-state index in [0.29, 0.717) is 17.5 Å².